The number of carbonyl (C=O) groups is 1. The first-order valence-electron chi connectivity index (χ1n) is 6.78. The molecule has 110 valence electrons. The molecule has 1 aromatic rings. The molecule has 0 unspecified atom stereocenters. The van der Waals surface area contributed by atoms with Gasteiger partial charge in [0.15, 0.2) is 5.78 Å². The monoisotopic (exact) mass is 287 g/mol. The first-order valence-corrected chi connectivity index (χ1v) is 6.78. The second-order valence-corrected chi connectivity index (χ2v) is 4.79. The third-order valence-electron chi connectivity index (χ3n) is 3.44. The minimum Gasteiger partial charge on any atom is -0.293 e. The summed E-state index contributed by atoms with van der Waals surface area (Å²) in [7, 11) is 0. The van der Waals surface area contributed by atoms with Crippen molar-refractivity contribution >= 4 is 5.78 Å². The number of nitroso groups, excluding NO2 is 1. The molecule has 0 bridgehead atoms. The van der Waals surface area contributed by atoms with Crippen molar-refractivity contribution in [3.05, 3.63) is 40.8 Å². The SMILES string of the molecule is N#CCN(N=O)N1CCN(CC(=O)c2ccccc2)CC1. The molecule has 1 saturated heterocycles. The van der Waals surface area contributed by atoms with Crippen molar-refractivity contribution < 1.29 is 4.79 Å². The van der Waals surface area contributed by atoms with Gasteiger partial charge in [0.2, 0.25) is 0 Å². The van der Waals surface area contributed by atoms with Gasteiger partial charge in [-0.2, -0.15) is 15.4 Å². The molecule has 0 aromatic heterocycles. The average molecular weight is 287 g/mol. The summed E-state index contributed by atoms with van der Waals surface area (Å²) < 4.78 is 0. The summed E-state index contributed by atoms with van der Waals surface area (Å²) in [6, 6.07) is 11.1. The standard InChI is InChI=1S/C14H17N5O2/c15-6-7-19(16-21)18-10-8-17(9-11-18)12-14(20)13-4-2-1-3-5-13/h1-5H,7-12H2. The molecule has 7 heteroatoms. The largest absolute Gasteiger partial charge is 0.293 e. The molecule has 1 aliphatic rings. The van der Waals surface area contributed by atoms with E-state index in [0.717, 1.165) is 5.12 Å². The fourth-order valence-corrected chi connectivity index (χ4v) is 2.29. The van der Waals surface area contributed by atoms with Crippen LogP contribution < -0.4 is 0 Å². The summed E-state index contributed by atoms with van der Waals surface area (Å²) in [6.45, 7) is 2.80. The van der Waals surface area contributed by atoms with Gasteiger partial charge in [0.1, 0.15) is 6.54 Å². The fourth-order valence-electron chi connectivity index (χ4n) is 2.29. The second-order valence-electron chi connectivity index (χ2n) is 4.79. The van der Waals surface area contributed by atoms with Crippen molar-refractivity contribution in [1.29, 1.82) is 5.26 Å². The van der Waals surface area contributed by atoms with Gasteiger partial charge in [0.25, 0.3) is 0 Å². The van der Waals surface area contributed by atoms with E-state index in [4.69, 9.17) is 5.26 Å². The molecule has 7 nitrogen and oxygen atoms in total. The molecule has 2 rings (SSSR count). The molecule has 0 atom stereocenters. The highest BCUT2D eigenvalue weighted by Gasteiger charge is 2.23. The third-order valence-corrected chi connectivity index (χ3v) is 3.44. The summed E-state index contributed by atoms with van der Waals surface area (Å²) in [6.07, 6.45) is 0. The number of hydrogen-bond donors (Lipinski definition) is 0. The lowest BCUT2D eigenvalue weighted by atomic mass is 10.1. The predicted octanol–water partition coefficient (Wildman–Crippen LogP) is 0.909. The van der Waals surface area contributed by atoms with E-state index in [1.165, 1.54) is 0 Å². The molecule has 1 fully saturated rings. The highest BCUT2D eigenvalue weighted by atomic mass is 16.3. The number of piperazine rings is 1. The van der Waals surface area contributed by atoms with Crippen LogP contribution in [-0.2, 0) is 0 Å². The maximum absolute atomic E-state index is 12.1. The zero-order valence-electron chi connectivity index (χ0n) is 11.7. The summed E-state index contributed by atoms with van der Waals surface area (Å²) >= 11 is 0. The first kappa shape index (κ1) is 15.1. The Labute approximate surface area is 123 Å². The number of carbonyl (C=O) groups excluding carboxylic acids is 1. The van der Waals surface area contributed by atoms with Crippen LogP contribution in [0.15, 0.2) is 35.6 Å². The van der Waals surface area contributed by atoms with Crippen molar-refractivity contribution in [3.8, 4) is 6.07 Å². The summed E-state index contributed by atoms with van der Waals surface area (Å²) in [5.41, 5.74) is 0.709. The van der Waals surface area contributed by atoms with Gasteiger partial charge in [-0.05, 0) is 0 Å². The molecule has 0 radical (unpaired) electrons. The van der Waals surface area contributed by atoms with Crippen LogP contribution in [0.2, 0.25) is 0 Å². The van der Waals surface area contributed by atoms with Crippen LogP contribution in [0, 0.1) is 16.2 Å². The van der Waals surface area contributed by atoms with E-state index in [0.29, 0.717) is 38.3 Å². The molecule has 1 aromatic carbocycles. The molecule has 1 heterocycles. The minimum absolute atomic E-state index is 0.0492. The average Bonchev–Trinajstić information content (AvgIpc) is 2.54. The summed E-state index contributed by atoms with van der Waals surface area (Å²) in [4.78, 5) is 24.8. The lowest BCUT2D eigenvalue weighted by Crippen LogP contribution is -2.52. The van der Waals surface area contributed by atoms with Gasteiger partial charge in [0, 0.05) is 31.7 Å². The van der Waals surface area contributed by atoms with Crippen molar-refractivity contribution in [2.45, 2.75) is 0 Å². The Hall–Kier alpha value is -2.30. The molecule has 0 N–H and O–H groups in total. The Balaban J connectivity index is 1.83. The van der Waals surface area contributed by atoms with Gasteiger partial charge in [-0.1, -0.05) is 30.3 Å². The molecule has 0 aliphatic carbocycles. The number of ketones is 1. The van der Waals surface area contributed by atoms with Gasteiger partial charge >= 0.3 is 0 Å². The van der Waals surface area contributed by atoms with Gasteiger partial charge in [0.05, 0.1) is 17.9 Å². The van der Waals surface area contributed by atoms with Crippen molar-refractivity contribution in [1.82, 2.24) is 15.0 Å². The van der Waals surface area contributed by atoms with E-state index in [1.54, 1.807) is 5.01 Å². The van der Waals surface area contributed by atoms with E-state index in [2.05, 4.69) is 5.29 Å². The molecule has 0 spiro atoms. The Morgan fingerprint density at radius 2 is 1.90 bits per heavy atom. The zero-order valence-corrected chi connectivity index (χ0v) is 11.7. The van der Waals surface area contributed by atoms with Crippen LogP contribution in [0.1, 0.15) is 10.4 Å². The Morgan fingerprint density at radius 3 is 2.48 bits per heavy atom. The highest BCUT2D eigenvalue weighted by molar-refractivity contribution is 5.97. The summed E-state index contributed by atoms with van der Waals surface area (Å²) in [5.74, 6) is 0.0893. The van der Waals surface area contributed by atoms with Gasteiger partial charge in [-0.15, -0.1) is 4.91 Å². The number of Topliss-reactive ketones (excluding diaryl/α,β-unsaturated/α-hetero) is 1. The minimum atomic E-state index is -0.0492. The normalized spacial score (nSPS) is 16.1. The van der Waals surface area contributed by atoms with E-state index in [1.807, 2.05) is 41.3 Å². The van der Waals surface area contributed by atoms with Crippen LogP contribution in [0.3, 0.4) is 0 Å². The smallest absolute Gasteiger partial charge is 0.176 e. The maximum atomic E-state index is 12.1. The van der Waals surface area contributed by atoms with Crippen molar-refractivity contribution in [2.24, 2.45) is 5.29 Å². The number of benzene rings is 1. The van der Waals surface area contributed by atoms with Crippen molar-refractivity contribution in [2.75, 3.05) is 39.3 Å². The summed E-state index contributed by atoms with van der Waals surface area (Å²) in [5, 5.41) is 14.3. The third kappa shape index (κ3) is 4.08. The Morgan fingerprint density at radius 1 is 1.24 bits per heavy atom. The molecule has 21 heavy (non-hydrogen) atoms. The molecule has 1 aliphatic heterocycles. The zero-order chi connectivity index (χ0) is 15.1. The molecule has 0 amide bonds. The van der Waals surface area contributed by atoms with Crippen molar-refractivity contribution in [3.63, 3.8) is 0 Å². The quantitative estimate of drug-likeness (QED) is 0.335. The Bertz CT molecular complexity index is 520. The van der Waals surface area contributed by atoms with E-state index in [-0.39, 0.29) is 12.3 Å². The van der Waals surface area contributed by atoms with Crippen LogP contribution >= 0.6 is 0 Å². The van der Waals surface area contributed by atoms with Gasteiger partial charge in [-0.3, -0.25) is 9.69 Å². The van der Waals surface area contributed by atoms with Crippen LogP contribution in [0.4, 0.5) is 0 Å². The lowest BCUT2D eigenvalue weighted by molar-refractivity contribution is -0.0471. The highest BCUT2D eigenvalue weighted by Crippen LogP contribution is 2.08. The van der Waals surface area contributed by atoms with Crippen LogP contribution in [-0.4, -0.2) is 60.1 Å². The van der Waals surface area contributed by atoms with E-state index >= 15 is 0 Å². The number of nitrogens with zero attached hydrogens (tertiary/aromatic N) is 5. The number of rotatable bonds is 6. The second kappa shape index (κ2) is 7.47. The molecule has 0 saturated carbocycles. The fraction of sp³-hybridized carbons (Fsp3) is 0.429. The van der Waals surface area contributed by atoms with Gasteiger partial charge < -0.3 is 0 Å². The molecular formula is C14H17N5O2. The van der Waals surface area contributed by atoms with E-state index in [9.17, 15) is 9.70 Å². The Kier molecular flexibility index (Phi) is 5.37. The van der Waals surface area contributed by atoms with Gasteiger partial charge in [-0.25, -0.2) is 0 Å². The first-order chi connectivity index (χ1) is 10.2. The maximum Gasteiger partial charge on any atom is 0.176 e. The number of nitriles is 1. The van der Waals surface area contributed by atoms with Crippen LogP contribution in [0.25, 0.3) is 0 Å². The number of hydrazine groups is 1. The predicted molar refractivity (Wildman–Crippen MR) is 76.9 cm³/mol. The van der Waals surface area contributed by atoms with Crippen LogP contribution in [0.5, 0.6) is 0 Å². The lowest BCUT2D eigenvalue weighted by Gasteiger charge is -2.36. The van der Waals surface area contributed by atoms with E-state index < -0.39 is 0 Å². The molecular weight excluding hydrogens is 270 g/mol. The topological polar surface area (TPSA) is 80.0 Å². The number of hydrogen-bond acceptors (Lipinski definition) is 6.